The van der Waals surface area contributed by atoms with E-state index in [0.717, 1.165) is 5.56 Å². The molecule has 1 heterocycles. The lowest BCUT2D eigenvalue weighted by molar-refractivity contribution is 1.94. The topological polar surface area (TPSA) is 0 Å². The van der Waals surface area contributed by atoms with Crippen molar-refractivity contribution in [3.8, 4) is 0 Å². The van der Waals surface area contributed by atoms with E-state index < -0.39 is 0 Å². The Bertz CT molecular complexity index is 141. The van der Waals surface area contributed by atoms with E-state index >= 15 is 0 Å². The van der Waals surface area contributed by atoms with Crippen molar-refractivity contribution in [2.45, 2.75) is 0 Å². The van der Waals surface area contributed by atoms with Crippen LogP contribution in [-0.2, 0) is 0 Å². The smallest absolute Gasteiger partial charge is 0.0529 e. The highest BCUT2D eigenvalue weighted by atomic mass is 32.1. The molecule has 0 unspecified atom stereocenters. The average molecular weight is 127 g/mol. The summed E-state index contributed by atoms with van der Waals surface area (Å²) in [7, 11) is 0. The van der Waals surface area contributed by atoms with Gasteiger partial charge in [-0.25, -0.2) is 0 Å². The van der Waals surface area contributed by atoms with E-state index in [4.69, 9.17) is 0 Å². The highest BCUT2D eigenvalue weighted by Gasteiger charge is 1.81. The zero-order valence-electron chi connectivity index (χ0n) is 3.55. The Balaban J connectivity index is 2.96. The van der Waals surface area contributed by atoms with Gasteiger partial charge in [0.15, 0.2) is 0 Å². The van der Waals surface area contributed by atoms with Gasteiger partial charge in [0, 0.05) is 10.9 Å². The van der Waals surface area contributed by atoms with Crippen LogP contribution in [-0.4, -0.2) is 5.37 Å². The Hall–Kier alpha value is -0.210. The molecule has 0 aliphatic heterocycles. The SMILES string of the molecule is S=Cc1[c]scc1. The predicted molar refractivity (Wildman–Crippen MR) is 35.9 cm³/mol. The Morgan fingerprint density at radius 3 is 3.00 bits per heavy atom. The molecule has 0 bridgehead atoms. The van der Waals surface area contributed by atoms with Gasteiger partial charge in [-0.05, 0) is 11.4 Å². The minimum absolute atomic E-state index is 1.01. The maximum Gasteiger partial charge on any atom is 0.0529 e. The molecular formula is C5H3S2. The molecule has 0 spiro atoms. The van der Waals surface area contributed by atoms with Crippen LogP contribution in [0.15, 0.2) is 11.4 Å². The number of thiocarbonyl (C=S) groups is 1. The normalized spacial score (nSPS) is 8.57. The molecule has 1 aromatic heterocycles. The minimum Gasteiger partial charge on any atom is -0.142 e. The highest BCUT2D eigenvalue weighted by Crippen LogP contribution is 2.00. The van der Waals surface area contributed by atoms with Crippen molar-refractivity contribution in [1.29, 1.82) is 0 Å². The second kappa shape index (κ2) is 2.19. The van der Waals surface area contributed by atoms with Crippen LogP contribution in [0.3, 0.4) is 0 Å². The molecule has 7 heavy (non-hydrogen) atoms. The summed E-state index contributed by atoms with van der Waals surface area (Å²) >= 11 is 6.16. The highest BCUT2D eigenvalue weighted by molar-refractivity contribution is 7.79. The summed E-state index contributed by atoms with van der Waals surface area (Å²) in [5, 5.41) is 6.55. The summed E-state index contributed by atoms with van der Waals surface area (Å²) in [6.45, 7) is 0. The monoisotopic (exact) mass is 127 g/mol. The van der Waals surface area contributed by atoms with Crippen LogP contribution >= 0.6 is 23.6 Å². The third kappa shape index (κ3) is 1.08. The second-order valence-electron chi connectivity index (χ2n) is 1.10. The molecule has 0 aromatic carbocycles. The molecule has 0 aliphatic carbocycles. The maximum absolute atomic E-state index is 4.62. The summed E-state index contributed by atoms with van der Waals surface area (Å²) in [5.41, 5.74) is 1.01. The van der Waals surface area contributed by atoms with E-state index in [1.807, 2.05) is 11.4 Å². The van der Waals surface area contributed by atoms with Crippen molar-refractivity contribution in [1.82, 2.24) is 0 Å². The van der Waals surface area contributed by atoms with Crippen LogP contribution < -0.4 is 0 Å². The molecule has 0 amide bonds. The predicted octanol–water partition coefficient (Wildman–Crippen LogP) is 1.90. The van der Waals surface area contributed by atoms with Crippen LogP contribution in [0.1, 0.15) is 5.56 Å². The summed E-state index contributed by atoms with van der Waals surface area (Å²) in [5.74, 6) is 0. The summed E-state index contributed by atoms with van der Waals surface area (Å²) in [6.07, 6.45) is 0. The number of hydrogen-bond donors (Lipinski definition) is 0. The first-order valence-corrected chi connectivity index (χ1v) is 3.19. The fourth-order valence-electron chi connectivity index (χ4n) is 0.307. The third-order valence-electron chi connectivity index (χ3n) is 0.619. The number of thiophene rings is 1. The van der Waals surface area contributed by atoms with Crippen molar-refractivity contribution in [2.75, 3.05) is 0 Å². The summed E-state index contributed by atoms with van der Waals surface area (Å²) < 4.78 is 0. The molecule has 0 fully saturated rings. The van der Waals surface area contributed by atoms with Crippen molar-refractivity contribution >= 4 is 28.9 Å². The Morgan fingerprint density at radius 1 is 1.86 bits per heavy atom. The Labute approximate surface area is 51.8 Å². The molecule has 35 valence electrons. The quantitative estimate of drug-likeness (QED) is 0.519. The van der Waals surface area contributed by atoms with Gasteiger partial charge in [-0.2, -0.15) is 0 Å². The van der Waals surface area contributed by atoms with E-state index in [0.29, 0.717) is 0 Å². The molecule has 0 atom stereocenters. The van der Waals surface area contributed by atoms with Crippen molar-refractivity contribution in [3.63, 3.8) is 0 Å². The standard InChI is InChI=1S/C5H3S2/c6-3-5-1-2-7-4-5/h1-3H. The molecule has 2 heteroatoms. The molecule has 1 aromatic rings. The lowest BCUT2D eigenvalue weighted by Gasteiger charge is -1.67. The zero-order chi connectivity index (χ0) is 5.11. The molecule has 1 radical (unpaired) electrons. The van der Waals surface area contributed by atoms with Crippen LogP contribution in [0.2, 0.25) is 0 Å². The van der Waals surface area contributed by atoms with Gasteiger partial charge < -0.3 is 0 Å². The molecule has 0 saturated heterocycles. The average Bonchev–Trinajstić information content (AvgIpc) is 2.14. The zero-order valence-corrected chi connectivity index (χ0v) is 5.18. The van der Waals surface area contributed by atoms with Gasteiger partial charge in [0.1, 0.15) is 0 Å². The molecule has 0 N–H and O–H groups in total. The van der Waals surface area contributed by atoms with Gasteiger partial charge in [0.05, 0.1) is 5.38 Å². The van der Waals surface area contributed by atoms with Crippen molar-refractivity contribution in [3.05, 3.63) is 22.4 Å². The van der Waals surface area contributed by atoms with Crippen LogP contribution in [0.25, 0.3) is 0 Å². The van der Waals surface area contributed by atoms with Gasteiger partial charge in [0.2, 0.25) is 0 Å². The summed E-state index contributed by atoms with van der Waals surface area (Å²) in [6, 6.07) is 1.94. The van der Waals surface area contributed by atoms with Gasteiger partial charge in [0.25, 0.3) is 0 Å². The van der Waals surface area contributed by atoms with E-state index in [1.165, 1.54) is 0 Å². The third-order valence-corrected chi connectivity index (χ3v) is 1.50. The molecule has 0 saturated carbocycles. The fourth-order valence-corrected chi connectivity index (χ4v) is 1.06. The van der Waals surface area contributed by atoms with Crippen LogP contribution in [0, 0.1) is 5.38 Å². The van der Waals surface area contributed by atoms with Gasteiger partial charge in [-0.15, -0.1) is 11.3 Å². The molecule has 0 nitrogen and oxygen atoms in total. The van der Waals surface area contributed by atoms with E-state index in [9.17, 15) is 0 Å². The van der Waals surface area contributed by atoms with Crippen LogP contribution in [0.4, 0.5) is 0 Å². The minimum atomic E-state index is 1.01. The van der Waals surface area contributed by atoms with E-state index in [2.05, 4.69) is 17.6 Å². The molecule has 1 rings (SSSR count). The number of rotatable bonds is 1. The first kappa shape index (κ1) is 4.94. The maximum atomic E-state index is 4.62. The van der Waals surface area contributed by atoms with E-state index in [1.54, 1.807) is 16.7 Å². The lowest BCUT2D eigenvalue weighted by atomic mass is 10.4. The molecule has 0 aliphatic rings. The van der Waals surface area contributed by atoms with Gasteiger partial charge >= 0.3 is 0 Å². The van der Waals surface area contributed by atoms with E-state index in [-0.39, 0.29) is 0 Å². The first-order valence-electron chi connectivity index (χ1n) is 1.84. The van der Waals surface area contributed by atoms with Gasteiger partial charge in [-0.3, -0.25) is 0 Å². The van der Waals surface area contributed by atoms with Crippen molar-refractivity contribution < 1.29 is 0 Å². The van der Waals surface area contributed by atoms with Crippen LogP contribution in [0.5, 0.6) is 0 Å². The first-order chi connectivity index (χ1) is 3.43. The van der Waals surface area contributed by atoms with Gasteiger partial charge in [-0.1, -0.05) is 12.2 Å². The number of hydrogen-bond acceptors (Lipinski definition) is 2. The fraction of sp³-hybridized carbons (Fsp3) is 0. The lowest BCUT2D eigenvalue weighted by Crippen LogP contribution is -1.63. The summed E-state index contributed by atoms with van der Waals surface area (Å²) in [4.78, 5) is 0. The largest absolute Gasteiger partial charge is 0.142 e. The Morgan fingerprint density at radius 2 is 2.71 bits per heavy atom. The Kier molecular flexibility index (Phi) is 1.54. The second-order valence-corrected chi connectivity index (χ2v) is 2.04. The molecular weight excluding hydrogens is 124 g/mol. The van der Waals surface area contributed by atoms with Crippen molar-refractivity contribution in [2.24, 2.45) is 0 Å².